The van der Waals surface area contributed by atoms with Crippen LogP contribution in [-0.4, -0.2) is 19.6 Å². The summed E-state index contributed by atoms with van der Waals surface area (Å²) in [5.41, 5.74) is 3.57. The SMILES string of the molecule is COc1cc(C(C)C)c(OC2=CNC(NN)NC2N=NN)cc1I. The number of hydrogen-bond donors (Lipinski definition) is 5. The molecule has 2 unspecified atom stereocenters. The van der Waals surface area contributed by atoms with Gasteiger partial charge in [-0.3, -0.25) is 11.2 Å². The lowest BCUT2D eigenvalue weighted by Crippen LogP contribution is -2.60. The molecule has 0 aromatic heterocycles. The van der Waals surface area contributed by atoms with E-state index < -0.39 is 6.17 Å². The fraction of sp³-hybridized carbons (Fsp3) is 0.429. The van der Waals surface area contributed by atoms with Crippen LogP contribution in [0.15, 0.2) is 34.4 Å². The molecule has 1 aromatic rings. The predicted molar refractivity (Wildman–Crippen MR) is 98.7 cm³/mol. The van der Waals surface area contributed by atoms with Gasteiger partial charge < -0.3 is 20.6 Å². The molecular weight excluding hydrogens is 425 g/mol. The lowest BCUT2D eigenvalue weighted by Gasteiger charge is -2.29. The average Bonchev–Trinajstić information content (AvgIpc) is 2.56. The second-order valence-corrected chi connectivity index (χ2v) is 6.56. The van der Waals surface area contributed by atoms with Crippen LogP contribution in [0.1, 0.15) is 25.3 Å². The van der Waals surface area contributed by atoms with Gasteiger partial charge in [-0.2, -0.15) is 0 Å². The summed E-state index contributed by atoms with van der Waals surface area (Å²) in [5, 5.41) is 13.3. The summed E-state index contributed by atoms with van der Waals surface area (Å²) >= 11 is 2.21. The fourth-order valence-corrected chi connectivity index (χ4v) is 2.90. The molecule has 9 nitrogen and oxygen atoms in total. The molecule has 0 saturated carbocycles. The van der Waals surface area contributed by atoms with E-state index in [0.29, 0.717) is 5.76 Å². The molecule has 24 heavy (non-hydrogen) atoms. The lowest BCUT2D eigenvalue weighted by atomic mass is 10.0. The van der Waals surface area contributed by atoms with Crippen molar-refractivity contribution in [3.05, 3.63) is 33.2 Å². The summed E-state index contributed by atoms with van der Waals surface area (Å²) in [6.45, 7) is 4.18. The zero-order chi connectivity index (χ0) is 17.7. The summed E-state index contributed by atoms with van der Waals surface area (Å²) in [5.74, 6) is 12.9. The number of rotatable bonds is 6. The molecule has 7 N–H and O–H groups in total. The first-order valence-corrected chi connectivity index (χ1v) is 8.41. The maximum Gasteiger partial charge on any atom is 0.185 e. The van der Waals surface area contributed by atoms with E-state index in [4.69, 9.17) is 21.2 Å². The molecule has 0 radical (unpaired) electrons. The van der Waals surface area contributed by atoms with Crippen molar-refractivity contribution < 1.29 is 9.47 Å². The highest BCUT2D eigenvalue weighted by Crippen LogP contribution is 2.35. The quantitative estimate of drug-likeness (QED) is 0.192. The van der Waals surface area contributed by atoms with Crippen LogP contribution >= 0.6 is 22.6 Å². The number of nitrogens with one attached hydrogen (secondary N) is 3. The zero-order valence-corrected chi connectivity index (χ0v) is 15.9. The van der Waals surface area contributed by atoms with E-state index in [1.807, 2.05) is 12.1 Å². The first kappa shape index (κ1) is 18.7. The normalized spacial score (nSPS) is 20.8. The molecular formula is C14H22IN7O2. The Morgan fingerprint density at radius 3 is 2.67 bits per heavy atom. The van der Waals surface area contributed by atoms with Crippen molar-refractivity contribution in [1.82, 2.24) is 16.1 Å². The Labute approximate surface area is 154 Å². The molecule has 1 aliphatic rings. The smallest absolute Gasteiger partial charge is 0.185 e. The topological polar surface area (TPSA) is 131 Å². The maximum atomic E-state index is 6.08. The Hall–Kier alpha value is -1.63. The van der Waals surface area contributed by atoms with Gasteiger partial charge in [0, 0.05) is 11.8 Å². The van der Waals surface area contributed by atoms with Crippen molar-refractivity contribution in [3.63, 3.8) is 0 Å². The van der Waals surface area contributed by atoms with Crippen LogP contribution < -0.4 is 37.2 Å². The van der Waals surface area contributed by atoms with Gasteiger partial charge in [-0.1, -0.05) is 19.1 Å². The van der Waals surface area contributed by atoms with Crippen molar-refractivity contribution in [2.75, 3.05) is 7.11 Å². The second kappa shape index (κ2) is 8.46. The van der Waals surface area contributed by atoms with Gasteiger partial charge in [-0.25, -0.2) is 5.43 Å². The molecule has 1 aromatic carbocycles. The van der Waals surface area contributed by atoms with Crippen LogP contribution in [0.2, 0.25) is 0 Å². The average molecular weight is 447 g/mol. The van der Waals surface area contributed by atoms with Gasteiger partial charge in [-0.05, 0) is 40.6 Å². The van der Waals surface area contributed by atoms with Crippen molar-refractivity contribution in [2.24, 2.45) is 22.0 Å². The van der Waals surface area contributed by atoms with Gasteiger partial charge in [0.2, 0.25) is 0 Å². The molecule has 2 rings (SSSR count). The van der Waals surface area contributed by atoms with Crippen LogP contribution in [0.25, 0.3) is 0 Å². The molecule has 2 atom stereocenters. The molecule has 1 heterocycles. The van der Waals surface area contributed by atoms with Crippen LogP contribution in [0.5, 0.6) is 11.5 Å². The molecule has 0 amide bonds. The van der Waals surface area contributed by atoms with Gasteiger partial charge in [0.05, 0.1) is 10.7 Å². The molecule has 10 heteroatoms. The van der Waals surface area contributed by atoms with Gasteiger partial charge in [0.25, 0.3) is 0 Å². The monoisotopic (exact) mass is 447 g/mol. The van der Waals surface area contributed by atoms with E-state index in [0.717, 1.165) is 20.6 Å². The third-order valence-electron chi connectivity index (χ3n) is 3.47. The van der Waals surface area contributed by atoms with E-state index >= 15 is 0 Å². The third-order valence-corrected chi connectivity index (χ3v) is 4.31. The summed E-state index contributed by atoms with van der Waals surface area (Å²) in [7, 11) is 1.65. The minimum atomic E-state index is -0.558. The third kappa shape index (κ3) is 4.26. The molecule has 0 saturated heterocycles. The number of benzene rings is 1. The zero-order valence-electron chi connectivity index (χ0n) is 13.7. The minimum Gasteiger partial charge on any atom is -0.496 e. The summed E-state index contributed by atoms with van der Waals surface area (Å²) in [4.78, 5) is 0. The van der Waals surface area contributed by atoms with E-state index in [1.165, 1.54) is 0 Å². The Morgan fingerprint density at radius 1 is 1.33 bits per heavy atom. The number of nitrogens with zero attached hydrogens (tertiary/aromatic N) is 2. The van der Waals surface area contributed by atoms with Gasteiger partial charge >= 0.3 is 0 Å². The maximum absolute atomic E-state index is 6.08. The summed E-state index contributed by atoms with van der Waals surface area (Å²) in [6.07, 6.45) is 0.757. The van der Waals surface area contributed by atoms with Gasteiger partial charge in [0.1, 0.15) is 17.8 Å². The molecule has 0 spiro atoms. The van der Waals surface area contributed by atoms with Crippen LogP contribution in [-0.2, 0) is 0 Å². The molecule has 0 aliphatic carbocycles. The van der Waals surface area contributed by atoms with Crippen molar-refractivity contribution >= 4 is 22.6 Å². The van der Waals surface area contributed by atoms with E-state index in [1.54, 1.807) is 13.3 Å². The van der Waals surface area contributed by atoms with E-state index in [-0.39, 0.29) is 12.2 Å². The van der Waals surface area contributed by atoms with Gasteiger partial charge in [0.15, 0.2) is 11.9 Å². The van der Waals surface area contributed by atoms with Crippen LogP contribution in [0, 0.1) is 3.57 Å². The molecule has 0 fully saturated rings. The van der Waals surface area contributed by atoms with E-state index in [9.17, 15) is 0 Å². The second-order valence-electron chi connectivity index (χ2n) is 5.39. The van der Waals surface area contributed by atoms with Crippen LogP contribution in [0.4, 0.5) is 0 Å². The first-order valence-electron chi connectivity index (χ1n) is 7.33. The fourth-order valence-electron chi connectivity index (χ4n) is 2.24. The first-order chi connectivity index (χ1) is 11.5. The Morgan fingerprint density at radius 2 is 2.08 bits per heavy atom. The number of hydrazine groups is 1. The van der Waals surface area contributed by atoms with Crippen molar-refractivity contribution in [1.29, 1.82) is 0 Å². The number of nitrogens with two attached hydrogens (primary N) is 2. The van der Waals surface area contributed by atoms with Gasteiger partial charge in [-0.15, -0.1) is 5.11 Å². The number of hydrogen-bond acceptors (Lipinski definition) is 8. The summed E-state index contributed by atoms with van der Waals surface area (Å²) < 4.78 is 12.4. The highest BCUT2D eigenvalue weighted by Gasteiger charge is 2.25. The predicted octanol–water partition coefficient (Wildman–Crippen LogP) is 1.24. The number of ether oxygens (including phenoxy) is 2. The highest BCUT2D eigenvalue weighted by molar-refractivity contribution is 14.1. The standard InChI is InChI=1S/C14H22IN7O2/c1-7(2)8-4-11(23-3)9(15)5-10(8)24-12-6-18-14(20-16)19-13(12)21-22-17/h4-7,13-14,18-20H,16H2,1-3H3,(H2,17,21). The van der Waals surface area contributed by atoms with Crippen molar-refractivity contribution in [2.45, 2.75) is 32.2 Å². The Balaban J connectivity index is 2.35. The molecule has 0 bridgehead atoms. The minimum absolute atomic E-state index is 0.254. The molecule has 1 aliphatic heterocycles. The lowest BCUT2D eigenvalue weighted by molar-refractivity contribution is 0.268. The highest BCUT2D eigenvalue weighted by atomic mass is 127. The number of halogens is 1. The Bertz CT molecular complexity index is 636. The van der Waals surface area contributed by atoms with Crippen molar-refractivity contribution in [3.8, 4) is 11.5 Å². The summed E-state index contributed by atoms with van der Waals surface area (Å²) in [6, 6.07) is 3.91. The molecule has 132 valence electrons. The number of methoxy groups -OCH3 is 1. The Kier molecular flexibility index (Phi) is 6.60. The van der Waals surface area contributed by atoms with E-state index in [2.05, 4.69) is 62.8 Å². The van der Waals surface area contributed by atoms with Crippen LogP contribution in [0.3, 0.4) is 0 Å². The largest absolute Gasteiger partial charge is 0.496 e.